The van der Waals surface area contributed by atoms with E-state index in [-0.39, 0.29) is 12.0 Å². The molecule has 0 fully saturated rings. The van der Waals surface area contributed by atoms with Gasteiger partial charge in [0.2, 0.25) is 17.8 Å². The summed E-state index contributed by atoms with van der Waals surface area (Å²) < 4.78 is 10.5. The van der Waals surface area contributed by atoms with E-state index >= 15 is 0 Å². The zero-order chi connectivity index (χ0) is 13.0. The van der Waals surface area contributed by atoms with Gasteiger partial charge in [-0.15, -0.1) is 0 Å². The van der Waals surface area contributed by atoms with Crippen molar-refractivity contribution < 1.29 is 9.15 Å². The number of hydrogen-bond donors (Lipinski definition) is 2. The molecule has 3 N–H and O–H groups in total. The lowest BCUT2D eigenvalue weighted by Gasteiger charge is -2.05. The van der Waals surface area contributed by atoms with Crippen molar-refractivity contribution in [3.63, 3.8) is 0 Å². The topological polar surface area (TPSA) is 112 Å². The van der Waals surface area contributed by atoms with E-state index in [9.17, 15) is 0 Å². The molecule has 0 atom stereocenters. The minimum absolute atomic E-state index is 0.0968. The van der Waals surface area contributed by atoms with E-state index < -0.39 is 0 Å². The molecule has 96 valence electrons. The molecule has 0 spiro atoms. The molecule has 0 amide bonds. The number of aromatic nitrogens is 4. The predicted molar refractivity (Wildman–Crippen MR) is 64.0 cm³/mol. The van der Waals surface area contributed by atoms with Gasteiger partial charge in [-0.2, -0.15) is 15.0 Å². The van der Waals surface area contributed by atoms with Crippen molar-refractivity contribution in [3.8, 4) is 6.01 Å². The molecule has 2 aromatic heterocycles. The number of nitrogens with zero attached hydrogens (tertiary/aromatic N) is 4. The van der Waals surface area contributed by atoms with Gasteiger partial charge < -0.3 is 20.2 Å². The molecule has 0 saturated heterocycles. The second-order valence-corrected chi connectivity index (χ2v) is 3.45. The Morgan fingerprint density at radius 2 is 2.22 bits per heavy atom. The molecule has 0 aromatic carbocycles. The first-order valence-corrected chi connectivity index (χ1v) is 5.47. The number of anilines is 2. The van der Waals surface area contributed by atoms with Crippen molar-refractivity contribution >= 4 is 11.9 Å². The second-order valence-electron chi connectivity index (χ2n) is 3.45. The maximum Gasteiger partial charge on any atom is 0.323 e. The largest absolute Gasteiger partial charge is 0.464 e. The van der Waals surface area contributed by atoms with Gasteiger partial charge in [-0.1, -0.05) is 0 Å². The van der Waals surface area contributed by atoms with Crippen molar-refractivity contribution in [2.75, 3.05) is 17.7 Å². The maximum atomic E-state index is 5.54. The highest BCUT2D eigenvalue weighted by molar-refractivity contribution is 5.32. The Morgan fingerprint density at radius 3 is 2.89 bits per heavy atom. The monoisotopic (exact) mass is 250 g/mol. The minimum Gasteiger partial charge on any atom is -0.464 e. The number of ether oxygens (including phenoxy) is 1. The zero-order valence-electron chi connectivity index (χ0n) is 10.2. The minimum atomic E-state index is 0.0968. The third-order valence-electron chi connectivity index (χ3n) is 1.97. The van der Waals surface area contributed by atoms with E-state index in [2.05, 4.69) is 25.3 Å². The third-order valence-corrected chi connectivity index (χ3v) is 1.97. The SMILES string of the molecule is CCOc1nc(N)nc(NCc2ncc(C)o2)n1. The van der Waals surface area contributed by atoms with Gasteiger partial charge in [-0.05, 0) is 13.8 Å². The summed E-state index contributed by atoms with van der Waals surface area (Å²) >= 11 is 0. The molecule has 0 radical (unpaired) electrons. The number of oxazole rings is 1. The molecule has 0 aliphatic rings. The lowest BCUT2D eigenvalue weighted by atomic mass is 10.6. The molecule has 0 saturated carbocycles. The molecule has 2 aromatic rings. The van der Waals surface area contributed by atoms with E-state index in [0.717, 1.165) is 5.76 Å². The van der Waals surface area contributed by atoms with Crippen molar-refractivity contribution in [1.29, 1.82) is 0 Å². The predicted octanol–water partition coefficient (Wildman–Crippen LogP) is 0.761. The van der Waals surface area contributed by atoms with Gasteiger partial charge in [0.05, 0.1) is 19.3 Å². The number of aryl methyl sites for hydroxylation is 1. The van der Waals surface area contributed by atoms with Crippen LogP contribution in [0.1, 0.15) is 18.6 Å². The average molecular weight is 250 g/mol. The number of nitrogens with one attached hydrogen (secondary N) is 1. The standard InChI is InChI=1S/C10H14N6O2/c1-3-17-10-15-8(11)14-9(16-10)13-5-7-12-4-6(2)18-7/h4H,3,5H2,1-2H3,(H3,11,13,14,15,16). The van der Waals surface area contributed by atoms with Crippen LogP contribution >= 0.6 is 0 Å². The summed E-state index contributed by atoms with van der Waals surface area (Å²) in [5.41, 5.74) is 5.54. The molecule has 2 rings (SSSR count). The number of nitrogens with two attached hydrogens (primary N) is 1. The fourth-order valence-corrected chi connectivity index (χ4v) is 1.28. The lowest BCUT2D eigenvalue weighted by Crippen LogP contribution is -2.09. The first-order valence-electron chi connectivity index (χ1n) is 5.47. The molecule has 8 heteroatoms. The Hall–Kier alpha value is -2.38. The normalized spacial score (nSPS) is 10.3. The molecule has 2 heterocycles. The van der Waals surface area contributed by atoms with Crippen LogP contribution in [0.2, 0.25) is 0 Å². The molecule has 0 bridgehead atoms. The third kappa shape index (κ3) is 3.06. The molecular weight excluding hydrogens is 236 g/mol. The van der Waals surface area contributed by atoms with E-state index in [1.807, 2.05) is 13.8 Å². The van der Waals surface area contributed by atoms with Crippen LogP contribution < -0.4 is 15.8 Å². The van der Waals surface area contributed by atoms with Crippen molar-refractivity contribution in [2.45, 2.75) is 20.4 Å². The van der Waals surface area contributed by atoms with Crippen molar-refractivity contribution in [1.82, 2.24) is 19.9 Å². The van der Waals surface area contributed by atoms with E-state index in [0.29, 0.717) is 25.0 Å². The van der Waals surface area contributed by atoms with E-state index in [1.165, 1.54) is 0 Å². The fourth-order valence-electron chi connectivity index (χ4n) is 1.28. The van der Waals surface area contributed by atoms with Gasteiger partial charge in [0.25, 0.3) is 0 Å². The van der Waals surface area contributed by atoms with Gasteiger partial charge in [-0.25, -0.2) is 4.98 Å². The first kappa shape index (κ1) is 12.1. The number of rotatable bonds is 5. The highest BCUT2D eigenvalue weighted by Gasteiger charge is 2.06. The molecule has 0 aliphatic carbocycles. The summed E-state index contributed by atoms with van der Waals surface area (Å²) in [6, 6.07) is 0.191. The lowest BCUT2D eigenvalue weighted by molar-refractivity contribution is 0.312. The zero-order valence-corrected chi connectivity index (χ0v) is 10.2. The maximum absolute atomic E-state index is 5.54. The van der Waals surface area contributed by atoms with Gasteiger partial charge in [0.15, 0.2) is 0 Å². The van der Waals surface area contributed by atoms with E-state index in [4.69, 9.17) is 14.9 Å². The van der Waals surface area contributed by atoms with E-state index in [1.54, 1.807) is 6.20 Å². The van der Waals surface area contributed by atoms with Crippen LogP contribution in [0.25, 0.3) is 0 Å². The molecule has 8 nitrogen and oxygen atoms in total. The molecule has 0 aliphatic heterocycles. The van der Waals surface area contributed by atoms with Gasteiger partial charge in [-0.3, -0.25) is 0 Å². The Balaban J connectivity index is 2.04. The molecule has 0 unspecified atom stereocenters. The Kier molecular flexibility index (Phi) is 3.56. The smallest absolute Gasteiger partial charge is 0.323 e. The highest BCUT2D eigenvalue weighted by Crippen LogP contribution is 2.10. The van der Waals surface area contributed by atoms with Crippen LogP contribution in [0.4, 0.5) is 11.9 Å². The summed E-state index contributed by atoms with van der Waals surface area (Å²) in [5, 5.41) is 2.94. The Morgan fingerprint density at radius 1 is 1.39 bits per heavy atom. The fraction of sp³-hybridized carbons (Fsp3) is 0.400. The van der Waals surface area contributed by atoms with Crippen molar-refractivity contribution in [2.24, 2.45) is 0 Å². The average Bonchev–Trinajstić information content (AvgIpc) is 2.72. The van der Waals surface area contributed by atoms with Crippen LogP contribution in [0.5, 0.6) is 6.01 Å². The van der Waals surface area contributed by atoms with Gasteiger partial charge in [0, 0.05) is 0 Å². The summed E-state index contributed by atoms with van der Waals surface area (Å²) in [6.45, 7) is 4.48. The molecule has 18 heavy (non-hydrogen) atoms. The first-order chi connectivity index (χ1) is 8.67. The Bertz CT molecular complexity index is 527. The summed E-state index contributed by atoms with van der Waals surface area (Å²) in [4.78, 5) is 15.9. The molecular formula is C10H14N6O2. The van der Waals surface area contributed by atoms with Crippen LogP contribution in [0.15, 0.2) is 10.6 Å². The van der Waals surface area contributed by atoms with Crippen LogP contribution in [0, 0.1) is 6.92 Å². The summed E-state index contributed by atoms with van der Waals surface area (Å²) in [7, 11) is 0. The van der Waals surface area contributed by atoms with Gasteiger partial charge in [0.1, 0.15) is 5.76 Å². The number of nitrogen functional groups attached to an aromatic ring is 1. The second kappa shape index (κ2) is 5.30. The Labute approximate surface area is 104 Å². The number of hydrogen-bond acceptors (Lipinski definition) is 8. The van der Waals surface area contributed by atoms with Crippen LogP contribution in [-0.2, 0) is 6.54 Å². The van der Waals surface area contributed by atoms with Crippen LogP contribution in [-0.4, -0.2) is 26.5 Å². The van der Waals surface area contributed by atoms with Crippen molar-refractivity contribution in [3.05, 3.63) is 17.8 Å². The van der Waals surface area contributed by atoms with Gasteiger partial charge >= 0.3 is 6.01 Å². The summed E-state index contributed by atoms with van der Waals surface area (Å²) in [5.74, 6) is 1.71. The van der Waals surface area contributed by atoms with Crippen LogP contribution in [0.3, 0.4) is 0 Å². The quantitative estimate of drug-likeness (QED) is 0.799. The summed E-state index contributed by atoms with van der Waals surface area (Å²) in [6.07, 6.45) is 1.64. The highest BCUT2D eigenvalue weighted by atomic mass is 16.5.